The molecular weight excluding hydrogens is 398 g/mol. The molecule has 2 saturated heterocycles. The molecule has 31 heavy (non-hydrogen) atoms. The largest absolute Gasteiger partial charge is 0.379 e. The normalized spacial score (nSPS) is 22.7. The van der Waals surface area contributed by atoms with E-state index >= 15 is 0 Å². The number of benzene rings is 1. The van der Waals surface area contributed by atoms with Gasteiger partial charge < -0.3 is 14.7 Å². The number of anilines is 1. The molecule has 4 rings (SSSR count). The van der Waals surface area contributed by atoms with Crippen LogP contribution in [0.25, 0.3) is 0 Å². The van der Waals surface area contributed by atoms with Gasteiger partial charge in [-0.1, -0.05) is 17.9 Å². The summed E-state index contributed by atoms with van der Waals surface area (Å²) in [6.45, 7) is 1.54. The summed E-state index contributed by atoms with van der Waals surface area (Å²) in [5.41, 5.74) is 2.82. The first-order valence-corrected chi connectivity index (χ1v) is 10.0. The minimum Gasteiger partial charge on any atom is -0.379 e. The average Bonchev–Trinajstić information content (AvgIpc) is 3.42. The Bertz CT molecular complexity index is 1030. The third-order valence-electron chi connectivity index (χ3n) is 5.35. The van der Waals surface area contributed by atoms with Gasteiger partial charge in [-0.3, -0.25) is 20.0 Å². The molecule has 2 aromatic rings. The van der Waals surface area contributed by atoms with E-state index in [9.17, 15) is 14.7 Å². The van der Waals surface area contributed by atoms with Crippen LogP contribution in [0.5, 0.6) is 0 Å². The maximum Gasteiger partial charge on any atom is 0.288 e. The molecule has 2 N–H and O–H groups in total. The maximum absolute atomic E-state index is 12.7. The first-order valence-electron chi connectivity index (χ1n) is 10.0. The lowest BCUT2D eigenvalue weighted by Gasteiger charge is -2.30. The van der Waals surface area contributed by atoms with Gasteiger partial charge in [0.15, 0.2) is 0 Å². The van der Waals surface area contributed by atoms with Crippen molar-refractivity contribution in [1.82, 2.24) is 20.3 Å². The number of ether oxygens (including phenoxy) is 1. The highest BCUT2D eigenvalue weighted by molar-refractivity contribution is 5.93. The van der Waals surface area contributed by atoms with E-state index in [0.717, 1.165) is 6.42 Å². The second-order valence-corrected chi connectivity index (χ2v) is 7.56. The number of aliphatic hydroxyl groups is 1. The molecule has 2 aliphatic rings. The first kappa shape index (κ1) is 20.8. The molecule has 0 unspecified atom stereocenters. The third-order valence-corrected chi connectivity index (χ3v) is 5.35. The molecule has 1 aromatic carbocycles. The van der Waals surface area contributed by atoms with Crippen LogP contribution in [-0.4, -0.2) is 70.2 Å². The van der Waals surface area contributed by atoms with Gasteiger partial charge in [-0.15, -0.1) is 0 Å². The Balaban J connectivity index is 1.59. The van der Waals surface area contributed by atoms with E-state index < -0.39 is 11.5 Å². The Morgan fingerprint density at radius 3 is 2.97 bits per heavy atom. The molecular formula is C22H23N5O4. The predicted octanol–water partition coefficient (Wildman–Crippen LogP) is 0.362. The topological polar surface area (TPSA) is 108 Å². The zero-order chi connectivity index (χ0) is 21.8. The number of hydrogen-bond donors (Lipinski definition) is 2. The Hall–Kier alpha value is -3.48. The van der Waals surface area contributed by atoms with Gasteiger partial charge in [-0.25, -0.2) is 9.97 Å². The number of carbonyl (C=O) groups is 2. The van der Waals surface area contributed by atoms with Gasteiger partial charge in [-0.2, -0.15) is 0 Å². The van der Waals surface area contributed by atoms with Crippen molar-refractivity contribution in [1.29, 1.82) is 0 Å². The van der Waals surface area contributed by atoms with Crippen LogP contribution >= 0.6 is 0 Å². The Morgan fingerprint density at radius 1 is 1.42 bits per heavy atom. The van der Waals surface area contributed by atoms with Crippen LogP contribution in [0.4, 0.5) is 5.69 Å². The summed E-state index contributed by atoms with van der Waals surface area (Å²) in [7, 11) is 1.64. The van der Waals surface area contributed by atoms with Crippen molar-refractivity contribution in [3.05, 3.63) is 54.1 Å². The van der Waals surface area contributed by atoms with Crippen LogP contribution in [0.1, 0.15) is 28.9 Å². The fourth-order valence-corrected chi connectivity index (χ4v) is 3.56. The molecule has 9 heteroatoms. The van der Waals surface area contributed by atoms with Gasteiger partial charge >= 0.3 is 0 Å². The lowest BCUT2D eigenvalue weighted by molar-refractivity contribution is -0.137. The molecule has 0 saturated carbocycles. The lowest BCUT2D eigenvalue weighted by Crippen LogP contribution is -2.49. The minimum atomic E-state index is -1.66. The number of hydrogen-bond acceptors (Lipinski definition) is 7. The van der Waals surface area contributed by atoms with Gasteiger partial charge in [-0.05, 0) is 30.7 Å². The molecule has 2 fully saturated rings. The average molecular weight is 421 g/mol. The standard InChI is InChI=1S/C22H23N5O4/c1-26-11-9-22(30,21(26)29)8-5-16-3-2-4-17(13-16)27(18-7-12-31-14-18)25-20(28)19-6-10-23-15-24-19/h2-4,6,10,13,15,18,30H,7,9,11-12,14H2,1H3,(H,25,28)/t18-,22+/m1/s1. The summed E-state index contributed by atoms with van der Waals surface area (Å²) in [6.07, 6.45) is 3.85. The number of aromatic nitrogens is 2. The summed E-state index contributed by atoms with van der Waals surface area (Å²) < 4.78 is 5.51. The lowest BCUT2D eigenvalue weighted by atomic mass is 10.0. The molecule has 0 bridgehead atoms. The third kappa shape index (κ3) is 4.50. The van der Waals surface area contributed by atoms with E-state index in [4.69, 9.17) is 4.74 Å². The molecule has 1 aromatic heterocycles. The monoisotopic (exact) mass is 421 g/mol. The van der Waals surface area contributed by atoms with Crippen LogP contribution in [-0.2, 0) is 9.53 Å². The van der Waals surface area contributed by atoms with Gasteiger partial charge in [0.1, 0.15) is 12.0 Å². The van der Waals surface area contributed by atoms with E-state index in [-0.39, 0.29) is 24.1 Å². The van der Waals surface area contributed by atoms with Crippen molar-refractivity contribution in [3.8, 4) is 11.8 Å². The van der Waals surface area contributed by atoms with E-state index in [1.807, 2.05) is 12.1 Å². The molecule has 160 valence electrons. The minimum absolute atomic E-state index is 0.0526. The number of amides is 2. The molecule has 0 aliphatic carbocycles. The number of rotatable bonds is 4. The highest BCUT2D eigenvalue weighted by Crippen LogP contribution is 2.23. The Labute approximate surface area is 180 Å². The number of carbonyl (C=O) groups excluding carboxylic acids is 2. The SMILES string of the molecule is CN1CC[C@@](O)(C#Cc2cccc(N(NC(=O)c3ccncn3)[C@@H]3CCOC3)c2)C1=O. The first-order chi connectivity index (χ1) is 15.0. The summed E-state index contributed by atoms with van der Waals surface area (Å²) in [6, 6.07) is 8.75. The van der Waals surface area contributed by atoms with E-state index in [1.165, 1.54) is 23.5 Å². The fourth-order valence-electron chi connectivity index (χ4n) is 3.56. The zero-order valence-corrected chi connectivity index (χ0v) is 17.1. The number of hydrazine groups is 1. The van der Waals surface area contributed by atoms with Crippen molar-refractivity contribution in [2.45, 2.75) is 24.5 Å². The van der Waals surface area contributed by atoms with Crippen molar-refractivity contribution in [2.75, 3.05) is 31.8 Å². The summed E-state index contributed by atoms with van der Waals surface area (Å²) >= 11 is 0. The molecule has 2 atom stereocenters. The van der Waals surface area contributed by atoms with E-state index in [0.29, 0.717) is 31.0 Å². The smallest absolute Gasteiger partial charge is 0.288 e. The number of likely N-dealkylation sites (N-methyl/N-ethyl adjacent to an activating group) is 1. The highest BCUT2D eigenvalue weighted by atomic mass is 16.5. The molecule has 2 amide bonds. The summed E-state index contributed by atoms with van der Waals surface area (Å²) in [4.78, 5) is 34.1. The molecule has 9 nitrogen and oxygen atoms in total. The van der Waals surface area contributed by atoms with Gasteiger partial charge in [0, 0.05) is 38.4 Å². The zero-order valence-electron chi connectivity index (χ0n) is 17.1. The van der Waals surface area contributed by atoms with Crippen LogP contribution in [0.15, 0.2) is 42.9 Å². The summed E-state index contributed by atoms with van der Waals surface area (Å²) in [5, 5.41) is 12.3. The number of nitrogens with zero attached hydrogens (tertiary/aromatic N) is 4. The van der Waals surface area contributed by atoms with Gasteiger partial charge in [0.2, 0.25) is 5.60 Å². The van der Waals surface area contributed by atoms with Crippen molar-refractivity contribution >= 4 is 17.5 Å². The Morgan fingerprint density at radius 2 is 2.29 bits per heavy atom. The molecule has 0 spiro atoms. The van der Waals surface area contributed by atoms with Crippen LogP contribution < -0.4 is 10.4 Å². The maximum atomic E-state index is 12.7. The van der Waals surface area contributed by atoms with E-state index in [1.54, 1.807) is 24.2 Å². The second kappa shape index (κ2) is 8.71. The fraction of sp³-hybridized carbons (Fsp3) is 0.364. The molecule has 2 aliphatic heterocycles. The van der Waals surface area contributed by atoms with Gasteiger partial charge in [0.05, 0.1) is 18.3 Å². The predicted molar refractivity (Wildman–Crippen MR) is 112 cm³/mol. The summed E-state index contributed by atoms with van der Waals surface area (Å²) in [5.74, 6) is 4.88. The van der Waals surface area contributed by atoms with Crippen molar-refractivity contribution in [3.63, 3.8) is 0 Å². The van der Waals surface area contributed by atoms with Crippen LogP contribution in [0, 0.1) is 11.8 Å². The van der Waals surface area contributed by atoms with Crippen LogP contribution in [0.2, 0.25) is 0 Å². The number of likely N-dealkylation sites (tertiary alicyclic amines) is 1. The van der Waals surface area contributed by atoms with Crippen molar-refractivity contribution < 1.29 is 19.4 Å². The number of nitrogens with one attached hydrogen (secondary N) is 1. The van der Waals surface area contributed by atoms with Crippen LogP contribution in [0.3, 0.4) is 0 Å². The van der Waals surface area contributed by atoms with E-state index in [2.05, 4.69) is 27.2 Å². The Kier molecular flexibility index (Phi) is 5.84. The van der Waals surface area contributed by atoms with Crippen molar-refractivity contribution in [2.24, 2.45) is 0 Å². The second-order valence-electron chi connectivity index (χ2n) is 7.56. The molecule has 0 radical (unpaired) electrons. The highest BCUT2D eigenvalue weighted by Gasteiger charge is 2.42. The quantitative estimate of drug-likeness (QED) is 0.542. The van der Waals surface area contributed by atoms with Gasteiger partial charge in [0.25, 0.3) is 11.8 Å². The molecule has 3 heterocycles.